The Kier molecular flexibility index (Phi) is 3.32. The lowest BCUT2D eigenvalue weighted by Gasteiger charge is -2.36. The summed E-state index contributed by atoms with van der Waals surface area (Å²) in [6.45, 7) is 0.948. The van der Waals surface area contributed by atoms with E-state index in [9.17, 15) is 13.5 Å². The molecule has 0 radical (unpaired) electrons. The van der Waals surface area contributed by atoms with E-state index >= 15 is 0 Å². The van der Waals surface area contributed by atoms with E-state index in [4.69, 9.17) is 0 Å². The Hall–Kier alpha value is -0.130. The predicted molar refractivity (Wildman–Crippen MR) is 51.4 cm³/mol. The van der Waals surface area contributed by atoms with Gasteiger partial charge in [0.05, 0.1) is 11.4 Å². The maximum Gasteiger partial charge on any atom is 0.148 e. The molecule has 0 unspecified atom stereocenters. The van der Waals surface area contributed by atoms with E-state index in [1.54, 1.807) is 0 Å². The summed E-state index contributed by atoms with van der Waals surface area (Å²) in [7, 11) is -2.87. The SMILES string of the molecule is CS(=O)(=O)CCNCC1(O)CCC1. The van der Waals surface area contributed by atoms with Gasteiger partial charge < -0.3 is 10.4 Å². The van der Waals surface area contributed by atoms with Crippen LogP contribution in [0.25, 0.3) is 0 Å². The Bertz CT molecular complexity index is 257. The molecular weight excluding hydrogens is 190 g/mol. The summed E-state index contributed by atoms with van der Waals surface area (Å²) in [5.41, 5.74) is -0.558. The molecule has 1 rings (SSSR count). The van der Waals surface area contributed by atoms with Crippen LogP contribution in [-0.2, 0) is 9.84 Å². The molecule has 0 amide bonds. The molecule has 2 N–H and O–H groups in total. The van der Waals surface area contributed by atoms with Gasteiger partial charge in [-0.1, -0.05) is 0 Å². The Morgan fingerprint density at radius 2 is 2.08 bits per heavy atom. The van der Waals surface area contributed by atoms with E-state index in [-0.39, 0.29) is 5.75 Å². The average Bonchev–Trinajstić information content (AvgIpc) is 1.93. The minimum atomic E-state index is -2.87. The Balaban J connectivity index is 2.08. The molecule has 78 valence electrons. The number of rotatable bonds is 5. The molecule has 0 saturated heterocycles. The van der Waals surface area contributed by atoms with Crippen molar-refractivity contribution < 1.29 is 13.5 Å². The third-order valence-electron chi connectivity index (χ3n) is 2.39. The van der Waals surface area contributed by atoms with Gasteiger partial charge in [-0.2, -0.15) is 0 Å². The first kappa shape index (κ1) is 10.9. The molecule has 1 aliphatic carbocycles. The third-order valence-corrected chi connectivity index (χ3v) is 3.33. The van der Waals surface area contributed by atoms with Gasteiger partial charge in [0.15, 0.2) is 0 Å². The second-order valence-corrected chi connectivity index (χ2v) is 6.14. The molecule has 0 spiro atoms. The molecule has 1 aliphatic rings. The normalized spacial score (nSPS) is 21.1. The highest BCUT2D eigenvalue weighted by Gasteiger charge is 2.33. The van der Waals surface area contributed by atoms with Crippen LogP contribution in [0.15, 0.2) is 0 Å². The van der Waals surface area contributed by atoms with Crippen LogP contribution in [0.2, 0.25) is 0 Å². The lowest BCUT2D eigenvalue weighted by atomic mass is 9.80. The fraction of sp³-hybridized carbons (Fsp3) is 1.00. The molecule has 1 saturated carbocycles. The summed E-state index contributed by atoms with van der Waals surface area (Å²) >= 11 is 0. The molecule has 13 heavy (non-hydrogen) atoms. The van der Waals surface area contributed by atoms with Gasteiger partial charge in [0.25, 0.3) is 0 Å². The molecule has 1 fully saturated rings. The van der Waals surface area contributed by atoms with Gasteiger partial charge in [-0.25, -0.2) is 8.42 Å². The Morgan fingerprint density at radius 3 is 2.46 bits per heavy atom. The number of hydrogen-bond acceptors (Lipinski definition) is 4. The van der Waals surface area contributed by atoms with E-state index in [1.165, 1.54) is 6.26 Å². The third kappa shape index (κ3) is 4.06. The molecule has 4 nitrogen and oxygen atoms in total. The smallest absolute Gasteiger partial charge is 0.148 e. The quantitative estimate of drug-likeness (QED) is 0.598. The van der Waals surface area contributed by atoms with Crippen molar-refractivity contribution in [3.8, 4) is 0 Å². The van der Waals surface area contributed by atoms with E-state index in [0.29, 0.717) is 13.1 Å². The van der Waals surface area contributed by atoms with Crippen LogP contribution in [-0.4, -0.2) is 44.2 Å². The van der Waals surface area contributed by atoms with E-state index < -0.39 is 15.4 Å². The first-order valence-electron chi connectivity index (χ1n) is 4.52. The van der Waals surface area contributed by atoms with Crippen LogP contribution in [0.1, 0.15) is 19.3 Å². The summed E-state index contributed by atoms with van der Waals surface area (Å²) in [6.07, 6.45) is 3.95. The van der Waals surface area contributed by atoms with Gasteiger partial charge >= 0.3 is 0 Å². The molecule has 0 atom stereocenters. The van der Waals surface area contributed by atoms with Crippen LogP contribution in [0, 0.1) is 0 Å². The number of hydrogen-bond donors (Lipinski definition) is 2. The van der Waals surface area contributed by atoms with Crippen molar-refractivity contribution >= 4 is 9.84 Å². The fourth-order valence-electron chi connectivity index (χ4n) is 1.34. The zero-order valence-electron chi connectivity index (χ0n) is 7.91. The first-order chi connectivity index (χ1) is 5.91. The van der Waals surface area contributed by atoms with Crippen LogP contribution in [0.5, 0.6) is 0 Å². The highest BCUT2D eigenvalue weighted by Crippen LogP contribution is 2.30. The Labute approximate surface area is 79.3 Å². The van der Waals surface area contributed by atoms with Crippen LogP contribution >= 0.6 is 0 Å². The van der Waals surface area contributed by atoms with Crippen LogP contribution < -0.4 is 5.32 Å². The van der Waals surface area contributed by atoms with Crippen molar-refractivity contribution in [3.05, 3.63) is 0 Å². The lowest BCUT2D eigenvalue weighted by molar-refractivity contribution is -0.0307. The van der Waals surface area contributed by atoms with Crippen molar-refractivity contribution in [2.75, 3.05) is 25.1 Å². The summed E-state index contributed by atoms with van der Waals surface area (Å²) in [5.74, 6) is 0.142. The first-order valence-corrected chi connectivity index (χ1v) is 6.58. The summed E-state index contributed by atoms with van der Waals surface area (Å²) in [6, 6.07) is 0. The fourth-order valence-corrected chi connectivity index (χ4v) is 1.86. The second kappa shape index (κ2) is 3.94. The van der Waals surface area contributed by atoms with Crippen LogP contribution in [0.4, 0.5) is 0 Å². The topological polar surface area (TPSA) is 66.4 Å². The average molecular weight is 207 g/mol. The molecule has 0 aliphatic heterocycles. The van der Waals surface area contributed by atoms with Crippen molar-refractivity contribution in [1.29, 1.82) is 0 Å². The van der Waals surface area contributed by atoms with Gasteiger partial charge in [-0.3, -0.25) is 0 Å². The molecule has 5 heteroatoms. The summed E-state index contributed by atoms with van der Waals surface area (Å²) in [5, 5.41) is 12.6. The number of nitrogens with one attached hydrogen (secondary N) is 1. The van der Waals surface area contributed by atoms with E-state index in [0.717, 1.165) is 19.3 Å². The van der Waals surface area contributed by atoms with Gasteiger partial charge in [0.1, 0.15) is 9.84 Å². The molecule has 0 aromatic rings. The van der Waals surface area contributed by atoms with Crippen molar-refractivity contribution in [2.24, 2.45) is 0 Å². The summed E-state index contributed by atoms with van der Waals surface area (Å²) < 4.78 is 21.5. The van der Waals surface area contributed by atoms with Crippen molar-refractivity contribution in [3.63, 3.8) is 0 Å². The molecule has 0 aromatic carbocycles. The van der Waals surface area contributed by atoms with E-state index in [1.807, 2.05) is 0 Å². The highest BCUT2D eigenvalue weighted by molar-refractivity contribution is 7.90. The zero-order valence-corrected chi connectivity index (χ0v) is 8.73. The lowest BCUT2D eigenvalue weighted by Crippen LogP contribution is -2.47. The van der Waals surface area contributed by atoms with Crippen molar-refractivity contribution in [2.45, 2.75) is 24.9 Å². The zero-order chi connectivity index (χ0) is 9.95. The van der Waals surface area contributed by atoms with Crippen LogP contribution in [0.3, 0.4) is 0 Å². The number of sulfone groups is 1. The molecule has 0 bridgehead atoms. The largest absolute Gasteiger partial charge is 0.389 e. The summed E-state index contributed by atoms with van der Waals surface area (Å²) in [4.78, 5) is 0. The van der Waals surface area contributed by atoms with Gasteiger partial charge in [0, 0.05) is 19.3 Å². The number of aliphatic hydroxyl groups is 1. The monoisotopic (exact) mass is 207 g/mol. The molecule has 0 heterocycles. The predicted octanol–water partition coefficient (Wildman–Crippen LogP) is -0.464. The standard InChI is InChI=1S/C8H17NO3S/c1-13(11,12)6-5-9-7-8(10)3-2-4-8/h9-10H,2-7H2,1H3. The minimum absolute atomic E-state index is 0.142. The van der Waals surface area contributed by atoms with Gasteiger partial charge in [-0.05, 0) is 19.3 Å². The van der Waals surface area contributed by atoms with Crippen molar-refractivity contribution in [1.82, 2.24) is 5.32 Å². The second-order valence-electron chi connectivity index (χ2n) is 3.88. The molecular formula is C8H17NO3S. The van der Waals surface area contributed by atoms with Gasteiger partial charge in [0.2, 0.25) is 0 Å². The van der Waals surface area contributed by atoms with E-state index in [2.05, 4.69) is 5.32 Å². The van der Waals surface area contributed by atoms with Gasteiger partial charge in [-0.15, -0.1) is 0 Å². The Morgan fingerprint density at radius 1 is 1.46 bits per heavy atom. The maximum absolute atomic E-state index is 10.7. The molecule has 0 aromatic heterocycles. The minimum Gasteiger partial charge on any atom is -0.389 e. The maximum atomic E-state index is 10.7. The highest BCUT2D eigenvalue weighted by atomic mass is 32.2.